The first-order valence-electron chi connectivity index (χ1n) is 16.0. The Bertz CT molecular complexity index is 2500. The van der Waals surface area contributed by atoms with Crippen molar-refractivity contribution in [2.24, 2.45) is 0 Å². The molecule has 0 amide bonds. The quantitative estimate of drug-likeness (QED) is 0.196. The molecule has 0 bridgehead atoms. The van der Waals surface area contributed by atoms with Crippen LogP contribution in [-0.2, 0) is 0 Å². The molecule has 6 aromatic carbocycles. The molecule has 4 heteroatoms. The van der Waals surface area contributed by atoms with Gasteiger partial charge in [-0.1, -0.05) is 133 Å². The maximum Gasteiger partial charge on any atom is 0.164 e. The molecular weight excluding hydrogens is 574 g/mol. The zero-order chi connectivity index (χ0) is 31.2. The van der Waals surface area contributed by atoms with E-state index in [0.717, 1.165) is 62.6 Å². The van der Waals surface area contributed by atoms with Crippen molar-refractivity contribution in [2.75, 3.05) is 0 Å². The molecule has 2 heterocycles. The number of hydrogen-bond acceptors (Lipinski definition) is 4. The Labute approximate surface area is 272 Å². The number of rotatable bonds is 5. The second-order valence-electron chi connectivity index (χ2n) is 11.9. The van der Waals surface area contributed by atoms with Gasteiger partial charge in [-0.15, -0.1) is 0 Å². The molecule has 9 rings (SSSR count). The van der Waals surface area contributed by atoms with Gasteiger partial charge in [-0.2, -0.15) is 0 Å². The maximum absolute atomic E-state index is 6.67. The average molecular weight is 604 g/mol. The molecule has 0 saturated carbocycles. The van der Waals surface area contributed by atoms with Crippen LogP contribution in [0.15, 0.2) is 156 Å². The molecule has 0 N–H and O–H groups in total. The predicted octanol–water partition coefficient (Wildman–Crippen LogP) is 11.3. The number of para-hydroxylation sites is 1. The molecule has 4 nitrogen and oxygen atoms in total. The smallest absolute Gasteiger partial charge is 0.164 e. The molecule has 0 spiro atoms. The van der Waals surface area contributed by atoms with Crippen molar-refractivity contribution >= 4 is 38.3 Å². The molecule has 2 aromatic heterocycles. The van der Waals surface area contributed by atoms with E-state index in [4.69, 9.17) is 19.4 Å². The van der Waals surface area contributed by atoms with Gasteiger partial charge in [0.2, 0.25) is 0 Å². The fraction of sp³-hybridized carbons (Fsp3) is 0.0465. The van der Waals surface area contributed by atoms with E-state index in [1.807, 2.05) is 42.5 Å². The van der Waals surface area contributed by atoms with Crippen LogP contribution in [0, 0.1) is 0 Å². The molecule has 1 aliphatic rings. The molecule has 1 aliphatic carbocycles. The lowest BCUT2D eigenvalue weighted by molar-refractivity contribution is 0.670. The number of benzene rings is 6. The van der Waals surface area contributed by atoms with Crippen molar-refractivity contribution in [1.29, 1.82) is 0 Å². The standard InChI is InChI=1S/C43H29N3O/c1-3-12-28(13-4-1)29-22-24-32(25-23-29)42-44-41(31-15-5-2-6-16-31)45-43(46-42)37-27-26-35(34-20-11-17-30-14-7-8-18-33(30)34)40-39(37)36-19-9-10-21-38(36)47-40/h2-3,5-27H,1,4H2. The maximum atomic E-state index is 6.67. The minimum Gasteiger partial charge on any atom is -0.455 e. The van der Waals surface area contributed by atoms with Crippen LogP contribution in [0.5, 0.6) is 0 Å². The van der Waals surface area contributed by atoms with Gasteiger partial charge in [0.1, 0.15) is 11.2 Å². The van der Waals surface area contributed by atoms with Crippen molar-refractivity contribution in [3.8, 4) is 45.3 Å². The second-order valence-corrected chi connectivity index (χ2v) is 11.9. The fourth-order valence-corrected chi connectivity index (χ4v) is 6.67. The lowest BCUT2D eigenvalue weighted by Crippen LogP contribution is -2.00. The number of allylic oxidation sites excluding steroid dienone is 4. The summed E-state index contributed by atoms with van der Waals surface area (Å²) in [4.78, 5) is 15.2. The number of fused-ring (bicyclic) bond motifs is 4. The summed E-state index contributed by atoms with van der Waals surface area (Å²) in [5, 5.41) is 4.39. The lowest BCUT2D eigenvalue weighted by atomic mass is 9.94. The Morgan fingerprint density at radius 3 is 1.94 bits per heavy atom. The lowest BCUT2D eigenvalue weighted by Gasteiger charge is -2.12. The number of furan rings is 1. The zero-order valence-electron chi connectivity index (χ0n) is 25.6. The summed E-state index contributed by atoms with van der Waals surface area (Å²) in [6.45, 7) is 0. The van der Waals surface area contributed by atoms with Crippen LogP contribution in [0.2, 0.25) is 0 Å². The number of aromatic nitrogens is 3. The molecule has 0 atom stereocenters. The van der Waals surface area contributed by atoms with Gasteiger partial charge in [0.15, 0.2) is 17.5 Å². The van der Waals surface area contributed by atoms with Crippen molar-refractivity contribution in [3.63, 3.8) is 0 Å². The van der Waals surface area contributed by atoms with Crippen LogP contribution in [0.3, 0.4) is 0 Å². The van der Waals surface area contributed by atoms with Gasteiger partial charge in [-0.3, -0.25) is 0 Å². The van der Waals surface area contributed by atoms with E-state index in [0.29, 0.717) is 17.5 Å². The highest BCUT2D eigenvalue weighted by atomic mass is 16.3. The van der Waals surface area contributed by atoms with E-state index in [1.165, 1.54) is 21.9 Å². The second kappa shape index (κ2) is 11.3. The molecule has 0 saturated heterocycles. The van der Waals surface area contributed by atoms with Crippen molar-refractivity contribution in [3.05, 3.63) is 157 Å². The highest BCUT2D eigenvalue weighted by Crippen LogP contribution is 2.43. The Balaban J connectivity index is 1.27. The number of hydrogen-bond donors (Lipinski definition) is 0. The van der Waals surface area contributed by atoms with Crippen molar-refractivity contribution in [2.45, 2.75) is 12.8 Å². The summed E-state index contributed by atoms with van der Waals surface area (Å²) >= 11 is 0. The van der Waals surface area contributed by atoms with E-state index >= 15 is 0 Å². The highest BCUT2D eigenvalue weighted by Gasteiger charge is 2.21. The van der Waals surface area contributed by atoms with Gasteiger partial charge < -0.3 is 4.42 Å². The zero-order valence-corrected chi connectivity index (χ0v) is 25.6. The summed E-state index contributed by atoms with van der Waals surface area (Å²) < 4.78 is 6.67. The minimum absolute atomic E-state index is 0.608. The van der Waals surface area contributed by atoms with E-state index in [1.54, 1.807) is 0 Å². The molecule has 0 aliphatic heterocycles. The van der Waals surface area contributed by atoms with E-state index in [-0.39, 0.29) is 0 Å². The molecule has 47 heavy (non-hydrogen) atoms. The van der Waals surface area contributed by atoms with Crippen LogP contribution in [0.1, 0.15) is 18.4 Å². The molecule has 8 aromatic rings. The van der Waals surface area contributed by atoms with Crippen LogP contribution < -0.4 is 0 Å². The molecule has 0 fully saturated rings. The predicted molar refractivity (Wildman–Crippen MR) is 193 cm³/mol. The van der Waals surface area contributed by atoms with Gasteiger partial charge in [-0.05, 0) is 58.5 Å². The molecular formula is C43H29N3O. The van der Waals surface area contributed by atoms with Gasteiger partial charge in [0, 0.05) is 33.0 Å². The van der Waals surface area contributed by atoms with Crippen LogP contribution in [-0.4, -0.2) is 15.0 Å². The minimum atomic E-state index is 0.608. The van der Waals surface area contributed by atoms with Gasteiger partial charge in [0.25, 0.3) is 0 Å². The Kier molecular flexibility index (Phi) is 6.57. The fourth-order valence-electron chi connectivity index (χ4n) is 6.67. The normalized spacial score (nSPS) is 13.0. The third kappa shape index (κ3) is 4.82. The average Bonchev–Trinajstić information content (AvgIpc) is 3.55. The summed E-state index contributed by atoms with van der Waals surface area (Å²) in [5.41, 5.74) is 9.05. The third-order valence-electron chi connectivity index (χ3n) is 8.99. The molecule has 222 valence electrons. The van der Waals surface area contributed by atoms with Gasteiger partial charge in [0.05, 0.1) is 0 Å². The first kappa shape index (κ1) is 27.2. The SMILES string of the molecule is C1=CC(c2ccc(-c3nc(-c4ccccc4)nc(-c4ccc(-c5cccc6ccccc56)c5oc6ccccc6c45)n3)cc2)=CCC1. The van der Waals surface area contributed by atoms with Crippen molar-refractivity contribution < 1.29 is 4.42 Å². The van der Waals surface area contributed by atoms with Crippen molar-refractivity contribution in [1.82, 2.24) is 15.0 Å². The summed E-state index contributed by atoms with van der Waals surface area (Å²) in [5.74, 6) is 1.87. The molecule has 0 unspecified atom stereocenters. The summed E-state index contributed by atoms with van der Waals surface area (Å²) in [7, 11) is 0. The first-order valence-corrected chi connectivity index (χ1v) is 16.0. The summed E-state index contributed by atoms with van der Waals surface area (Å²) in [6.07, 6.45) is 8.90. The Morgan fingerprint density at radius 1 is 0.468 bits per heavy atom. The van der Waals surface area contributed by atoms with E-state index in [9.17, 15) is 0 Å². The van der Waals surface area contributed by atoms with Crippen LogP contribution >= 0.6 is 0 Å². The topological polar surface area (TPSA) is 51.8 Å². The number of nitrogens with zero attached hydrogens (tertiary/aromatic N) is 3. The Hall–Kier alpha value is -6.13. The van der Waals surface area contributed by atoms with Crippen LogP contribution in [0.4, 0.5) is 0 Å². The highest BCUT2D eigenvalue weighted by molar-refractivity contribution is 6.17. The largest absolute Gasteiger partial charge is 0.455 e. The van der Waals surface area contributed by atoms with E-state index in [2.05, 4.69) is 109 Å². The molecule has 0 radical (unpaired) electrons. The third-order valence-corrected chi connectivity index (χ3v) is 8.99. The van der Waals surface area contributed by atoms with Crippen LogP contribution in [0.25, 0.3) is 83.6 Å². The first-order chi connectivity index (χ1) is 23.3. The Morgan fingerprint density at radius 2 is 1.13 bits per heavy atom. The van der Waals surface area contributed by atoms with Gasteiger partial charge >= 0.3 is 0 Å². The van der Waals surface area contributed by atoms with E-state index < -0.39 is 0 Å². The summed E-state index contributed by atoms with van der Waals surface area (Å²) in [6, 6.07) is 46.1. The monoisotopic (exact) mass is 603 g/mol. The van der Waals surface area contributed by atoms with Gasteiger partial charge in [-0.25, -0.2) is 15.0 Å².